The van der Waals surface area contributed by atoms with Gasteiger partial charge in [-0.15, -0.1) is 0 Å². The van der Waals surface area contributed by atoms with Gasteiger partial charge in [-0.05, 0) is 5.56 Å². The monoisotopic (exact) mass is 389 g/mol. The molecule has 1 aromatic rings. The lowest BCUT2D eigenvalue weighted by atomic mass is 10.2. The van der Waals surface area contributed by atoms with Gasteiger partial charge in [-0.25, -0.2) is 9.59 Å². The van der Waals surface area contributed by atoms with Gasteiger partial charge in [0.15, 0.2) is 6.04 Å². The first kappa shape index (κ1) is 21.4. The van der Waals surface area contributed by atoms with E-state index in [-0.39, 0.29) is 6.61 Å². The van der Waals surface area contributed by atoms with E-state index in [9.17, 15) is 22.8 Å². The molecule has 144 valence electrons. The van der Waals surface area contributed by atoms with Gasteiger partial charge in [0.1, 0.15) is 13.2 Å². The van der Waals surface area contributed by atoms with Gasteiger partial charge < -0.3 is 19.9 Å². The third-order valence-corrected chi connectivity index (χ3v) is 4.24. The van der Waals surface area contributed by atoms with E-state index in [0.29, 0.717) is 5.56 Å². The van der Waals surface area contributed by atoms with Crippen LogP contribution in [0.3, 0.4) is 0 Å². The Labute approximate surface area is 150 Å². The fourth-order valence-electron chi connectivity index (χ4n) is 1.62. The molecule has 0 heterocycles. The van der Waals surface area contributed by atoms with Crippen LogP contribution >= 0.6 is 0 Å². The first-order valence-corrected chi connectivity index (χ1v) is 8.95. The summed E-state index contributed by atoms with van der Waals surface area (Å²) in [6, 6.07) is 7.19. The van der Waals surface area contributed by atoms with Crippen molar-refractivity contribution in [3.63, 3.8) is 0 Å². The van der Waals surface area contributed by atoms with E-state index in [1.165, 1.54) is 0 Å². The van der Waals surface area contributed by atoms with E-state index in [1.807, 2.05) is 5.32 Å². The summed E-state index contributed by atoms with van der Waals surface area (Å²) in [5.74, 6) is -3.00. The molecule has 11 heteroatoms. The zero-order valence-corrected chi connectivity index (χ0v) is 14.7. The Bertz CT molecular complexity index is 718. The average molecular weight is 389 g/mol. The van der Waals surface area contributed by atoms with Gasteiger partial charge in [0.2, 0.25) is 0 Å². The molecular weight excluding hydrogens is 370 g/mol. The summed E-state index contributed by atoms with van der Waals surface area (Å²) in [5.41, 5.74) is 0.709. The molecule has 1 unspecified atom stereocenters. The number of carboxylic acids is 1. The average Bonchev–Trinajstić information content (AvgIpc) is 2.62. The van der Waals surface area contributed by atoms with E-state index >= 15 is 0 Å². The highest BCUT2D eigenvalue weighted by molar-refractivity contribution is 7.86. The largest absolute Gasteiger partial charge is 0.480 e. The van der Waals surface area contributed by atoms with Crippen LogP contribution < -0.4 is 5.32 Å². The van der Waals surface area contributed by atoms with E-state index < -0.39 is 53.0 Å². The van der Waals surface area contributed by atoms with Gasteiger partial charge in [0.05, 0.1) is 19.3 Å². The third-order valence-electron chi connectivity index (χ3n) is 3.02. The molecule has 0 radical (unpaired) electrons. The maximum Gasteiger partial charge on any atom is 0.408 e. The molecule has 10 nitrogen and oxygen atoms in total. The quantitative estimate of drug-likeness (QED) is 0.425. The van der Waals surface area contributed by atoms with Crippen LogP contribution in [0, 0.1) is 0 Å². The standard InChI is InChI=1S/C15H19NO9S/c1-23-26(21,22)8-7-13(17)24-10-12(14(18)19)16-15(20)25-9-11-5-3-2-4-6-11/h2-6,12H,7-10H2,1H3,(H,16,20)(H,18,19). The highest BCUT2D eigenvalue weighted by Gasteiger charge is 2.23. The molecular formula is C15H19NO9S. The highest BCUT2D eigenvalue weighted by Crippen LogP contribution is 2.01. The van der Waals surface area contributed by atoms with Gasteiger partial charge in [-0.2, -0.15) is 8.42 Å². The molecule has 1 atom stereocenters. The maximum absolute atomic E-state index is 11.6. The number of hydrogen-bond donors (Lipinski definition) is 2. The van der Waals surface area contributed by atoms with Crippen LogP contribution in [0.4, 0.5) is 4.79 Å². The molecule has 0 aliphatic rings. The predicted octanol–water partition coefficient (Wildman–Crippen LogP) is 0.275. The predicted molar refractivity (Wildman–Crippen MR) is 87.6 cm³/mol. The number of ether oxygens (including phenoxy) is 2. The molecule has 0 saturated heterocycles. The molecule has 0 spiro atoms. The number of amides is 1. The summed E-state index contributed by atoms with van der Waals surface area (Å²) in [7, 11) is -2.88. The number of carboxylic acid groups (broad SMARTS) is 1. The molecule has 0 aliphatic carbocycles. The SMILES string of the molecule is COS(=O)(=O)CCC(=O)OCC(NC(=O)OCc1ccccc1)C(=O)O. The Morgan fingerprint density at radius 2 is 1.81 bits per heavy atom. The van der Waals surface area contributed by atoms with Crippen LogP contribution in [0.15, 0.2) is 30.3 Å². The minimum Gasteiger partial charge on any atom is -0.480 e. The lowest BCUT2D eigenvalue weighted by Crippen LogP contribution is -2.44. The molecule has 1 aromatic carbocycles. The Balaban J connectivity index is 2.42. The molecule has 1 rings (SSSR count). The molecule has 0 aliphatic heterocycles. The van der Waals surface area contributed by atoms with Crippen molar-refractivity contribution >= 4 is 28.1 Å². The van der Waals surface area contributed by atoms with Crippen molar-refractivity contribution < 1.29 is 41.6 Å². The van der Waals surface area contributed by atoms with Crippen molar-refractivity contribution in [1.82, 2.24) is 5.32 Å². The van der Waals surface area contributed by atoms with Crippen LogP contribution in [-0.2, 0) is 40.0 Å². The summed E-state index contributed by atoms with van der Waals surface area (Å²) in [5, 5.41) is 11.1. The summed E-state index contributed by atoms with van der Waals surface area (Å²) >= 11 is 0. The summed E-state index contributed by atoms with van der Waals surface area (Å²) in [4.78, 5) is 34.2. The lowest BCUT2D eigenvalue weighted by Gasteiger charge is -2.15. The Hall–Kier alpha value is -2.66. The molecule has 2 N–H and O–H groups in total. The number of carbonyl (C=O) groups is 3. The number of alkyl carbamates (subject to hydrolysis) is 1. The molecule has 26 heavy (non-hydrogen) atoms. The number of aliphatic carboxylic acids is 1. The maximum atomic E-state index is 11.6. The number of nitrogens with one attached hydrogen (secondary N) is 1. The van der Waals surface area contributed by atoms with Gasteiger partial charge >= 0.3 is 18.0 Å². The second kappa shape index (κ2) is 10.4. The number of rotatable bonds is 10. The van der Waals surface area contributed by atoms with Crippen molar-refractivity contribution in [2.75, 3.05) is 19.5 Å². The number of hydrogen-bond acceptors (Lipinski definition) is 8. The van der Waals surface area contributed by atoms with Crippen LogP contribution in [0.5, 0.6) is 0 Å². The molecule has 0 saturated carbocycles. The van der Waals surface area contributed by atoms with Gasteiger partial charge in [-0.1, -0.05) is 30.3 Å². The number of benzene rings is 1. The van der Waals surface area contributed by atoms with Crippen LogP contribution in [-0.4, -0.2) is 57.1 Å². The minimum atomic E-state index is -3.83. The van der Waals surface area contributed by atoms with Gasteiger partial charge in [0, 0.05) is 0 Å². The Morgan fingerprint density at radius 1 is 1.15 bits per heavy atom. The zero-order valence-electron chi connectivity index (χ0n) is 13.9. The first-order chi connectivity index (χ1) is 12.2. The second-order valence-electron chi connectivity index (χ2n) is 4.96. The van der Waals surface area contributed by atoms with E-state index in [2.05, 4.69) is 8.92 Å². The van der Waals surface area contributed by atoms with Gasteiger partial charge in [0.25, 0.3) is 10.1 Å². The molecule has 0 fully saturated rings. The number of carbonyl (C=O) groups excluding carboxylic acids is 2. The lowest BCUT2D eigenvalue weighted by molar-refractivity contribution is -0.148. The van der Waals surface area contributed by atoms with Gasteiger partial charge in [-0.3, -0.25) is 8.98 Å². The topological polar surface area (TPSA) is 145 Å². The summed E-state index contributed by atoms with van der Waals surface area (Å²) in [6.07, 6.45) is -1.51. The summed E-state index contributed by atoms with van der Waals surface area (Å²) < 4.78 is 35.9. The molecule has 0 aromatic heterocycles. The van der Waals surface area contributed by atoms with Crippen LogP contribution in [0.25, 0.3) is 0 Å². The van der Waals surface area contributed by atoms with E-state index in [0.717, 1.165) is 7.11 Å². The third kappa shape index (κ3) is 8.44. The van der Waals surface area contributed by atoms with Crippen molar-refractivity contribution in [2.45, 2.75) is 19.1 Å². The Kier molecular flexibility index (Phi) is 8.52. The van der Waals surface area contributed by atoms with Crippen molar-refractivity contribution in [3.05, 3.63) is 35.9 Å². The Morgan fingerprint density at radius 3 is 2.38 bits per heavy atom. The van der Waals surface area contributed by atoms with Crippen LogP contribution in [0.1, 0.15) is 12.0 Å². The smallest absolute Gasteiger partial charge is 0.408 e. The second-order valence-corrected chi connectivity index (χ2v) is 6.82. The fraction of sp³-hybridized carbons (Fsp3) is 0.400. The van der Waals surface area contributed by atoms with E-state index in [1.54, 1.807) is 30.3 Å². The first-order valence-electron chi connectivity index (χ1n) is 7.37. The number of esters is 1. The van der Waals surface area contributed by atoms with Crippen molar-refractivity contribution in [1.29, 1.82) is 0 Å². The molecule has 1 amide bonds. The minimum absolute atomic E-state index is 0.0618. The highest BCUT2D eigenvalue weighted by atomic mass is 32.2. The van der Waals surface area contributed by atoms with Crippen LogP contribution in [0.2, 0.25) is 0 Å². The fourth-order valence-corrected chi connectivity index (χ4v) is 2.21. The van der Waals surface area contributed by atoms with Crippen molar-refractivity contribution in [3.8, 4) is 0 Å². The molecule has 0 bridgehead atoms. The zero-order chi connectivity index (χ0) is 19.6. The normalized spacial score (nSPS) is 12.0. The van der Waals surface area contributed by atoms with Crippen molar-refractivity contribution in [2.24, 2.45) is 0 Å². The van der Waals surface area contributed by atoms with E-state index in [4.69, 9.17) is 9.84 Å². The summed E-state index contributed by atoms with van der Waals surface area (Å²) in [6.45, 7) is -0.741.